The number of aliphatic carboxylic acids is 1. The summed E-state index contributed by atoms with van der Waals surface area (Å²) < 4.78 is 1.04. The normalized spacial score (nSPS) is 19.1. The maximum Gasteiger partial charge on any atom is 0.303 e. The highest BCUT2D eigenvalue weighted by atomic mass is 79.9. The Balaban J connectivity index is 1.86. The number of halogens is 1. The van der Waals surface area contributed by atoms with Crippen LogP contribution in [-0.4, -0.2) is 35.0 Å². The van der Waals surface area contributed by atoms with Crippen molar-refractivity contribution in [2.45, 2.75) is 25.7 Å². The molecule has 1 aliphatic heterocycles. The first-order valence-corrected chi connectivity index (χ1v) is 8.59. The zero-order valence-electron chi connectivity index (χ0n) is 11.6. The van der Waals surface area contributed by atoms with Crippen molar-refractivity contribution in [2.24, 2.45) is 5.92 Å². The number of carbonyl (C=O) groups is 2. The molecule has 0 aliphatic carbocycles. The van der Waals surface area contributed by atoms with E-state index in [2.05, 4.69) is 15.9 Å². The molecule has 1 N–H and O–H groups in total. The molecule has 0 saturated carbocycles. The molecule has 4 nitrogen and oxygen atoms in total. The van der Waals surface area contributed by atoms with Gasteiger partial charge >= 0.3 is 5.97 Å². The minimum atomic E-state index is -0.762. The van der Waals surface area contributed by atoms with Crippen molar-refractivity contribution in [3.8, 4) is 0 Å². The van der Waals surface area contributed by atoms with Crippen LogP contribution in [0.15, 0.2) is 22.0 Å². The summed E-state index contributed by atoms with van der Waals surface area (Å²) in [5.41, 5.74) is 0. The molecule has 1 aliphatic rings. The quantitative estimate of drug-likeness (QED) is 0.803. The smallest absolute Gasteiger partial charge is 0.303 e. The topological polar surface area (TPSA) is 57.6 Å². The first kappa shape index (κ1) is 16.2. The van der Waals surface area contributed by atoms with Gasteiger partial charge in [0.15, 0.2) is 0 Å². The Hall–Kier alpha value is -1.14. The van der Waals surface area contributed by atoms with Gasteiger partial charge in [-0.05, 0) is 59.3 Å². The number of hydrogen-bond acceptors (Lipinski definition) is 3. The van der Waals surface area contributed by atoms with Gasteiger partial charge in [-0.25, -0.2) is 0 Å². The number of amides is 1. The second-order valence-electron chi connectivity index (χ2n) is 5.20. The fourth-order valence-corrected chi connectivity index (χ4v) is 3.83. The lowest BCUT2D eigenvalue weighted by atomic mass is 9.93. The third kappa shape index (κ3) is 5.28. The Labute approximate surface area is 136 Å². The maximum absolute atomic E-state index is 12.2. The summed E-state index contributed by atoms with van der Waals surface area (Å²) in [5.74, 6) is -0.441. The molecule has 1 aromatic rings. The molecule has 0 spiro atoms. The van der Waals surface area contributed by atoms with Crippen LogP contribution in [0.5, 0.6) is 0 Å². The molecular weight excluding hydrogens is 354 g/mol. The van der Waals surface area contributed by atoms with Gasteiger partial charge in [-0.2, -0.15) is 0 Å². The first-order chi connectivity index (χ1) is 10.0. The summed E-state index contributed by atoms with van der Waals surface area (Å²) in [4.78, 5) is 25.7. The van der Waals surface area contributed by atoms with Crippen LogP contribution in [0.2, 0.25) is 0 Å². The number of nitrogens with zero attached hydrogens (tertiary/aromatic N) is 1. The molecule has 1 fully saturated rings. The minimum Gasteiger partial charge on any atom is -0.481 e. The van der Waals surface area contributed by atoms with Crippen LogP contribution in [0.3, 0.4) is 0 Å². The lowest BCUT2D eigenvalue weighted by molar-refractivity contribution is -0.137. The van der Waals surface area contributed by atoms with Crippen LogP contribution >= 0.6 is 27.3 Å². The summed E-state index contributed by atoms with van der Waals surface area (Å²) in [6, 6.07) is 3.92. The molecule has 21 heavy (non-hydrogen) atoms. The number of carboxylic acids is 1. The molecule has 0 aromatic carbocycles. The fraction of sp³-hybridized carbons (Fsp3) is 0.467. The van der Waals surface area contributed by atoms with Crippen LogP contribution in [-0.2, 0) is 9.59 Å². The van der Waals surface area contributed by atoms with Gasteiger partial charge in [0.2, 0.25) is 5.91 Å². The van der Waals surface area contributed by atoms with Crippen molar-refractivity contribution in [3.63, 3.8) is 0 Å². The zero-order chi connectivity index (χ0) is 15.2. The van der Waals surface area contributed by atoms with Crippen molar-refractivity contribution in [3.05, 3.63) is 26.9 Å². The summed E-state index contributed by atoms with van der Waals surface area (Å²) in [5, 5.41) is 8.74. The first-order valence-electron chi connectivity index (χ1n) is 6.98. The molecule has 0 radical (unpaired) electrons. The second-order valence-corrected chi connectivity index (χ2v) is 7.69. The third-order valence-electron chi connectivity index (χ3n) is 3.58. The number of rotatable bonds is 5. The van der Waals surface area contributed by atoms with Gasteiger partial charge in [0.1, 0.15) is 0 Å². The lowest BCUT2D eigenvalue weighted by Crippen LogP contribution is -2.39. The van der Waals surface area contributed by atoms with Crippen LogP contribution in [0.25, 0.3) is 6.08 Å². The summed E-state index contributed by atoms with van der Waals surface area (Å²) in [7, 11) is 0. The predicted octanol–water partition coefficient (Wildman–Crippen LogP) is 3.63. The molecule has 1 amide bonds. The summed E-state index contributed by atoms with van der Waals surface area (Å²) in [6.45, 7) is 1.44. The summed E-state index contributed by atoms with van der Waals surface area (Å²) >= 11 is 4.98. The van der Waals surface area contributed by atoms with Gasteiger partial charge < -0.3 is 10.0 Å². The molecule has 1 saturated heterocycles. The molecule has 6 heteroatoms. The molecule has 1 unspecified atom stereocenters. The van der Waals surface area contributed by atoms with E-state index in [-0.39, 0.29) is 12.3 Å². The van der Waals surface area contributed by atoms with E-state index in [1.165, 1.54) is 0 Å². The van der Waals surface area contributed by atoms with Crippen molar-refractivity contribution < 1.29 is 14.7 Å². The SMILES string of the molecule is O=C(O)CCC1CCCN(C(=O)C=Cc2ccc(Br)s2)C1. The van der Waals surface area contributed by atoms with E-state index >= 15 is 0 Å². The van der Waals surface area contributed by atoms with E-state index in [1.54, 1.807) is 17.4 Å². The Kier molecular flexibility index (Phi) is 5.99. The molecule has 0 bridgehead atoms. The Morgan fingerprint density at radius 2 is 2.29 bits per heavy atom. The van der Waals surface area contributed by atoms with Crippen LogP contribution in [0.4, 0.5) is 0 Å². The van der Waals surface area contributed by atoms with Gasteiger partial charge in [0, 0.05) is 30.5 Å². The molecule has 114 valence electrons. The average molecular weight is 372 g/mol. The standard InChI is InChI=1S/C15H18BrNO3S/c16-13-6-4-12(21-13)5-7-14(18)17-9-1-2-11(10-17)3-8-15(19)20/h4-7,11H,1-3,8-10H2,(H,19,20). The van der Waals surface area contributed by atoms with Crippen molar-refractivity contribution in [1.29, 1.82) is 0 Å². The maximum atomic E-state index is 12.2. The Morgan fingerprint density at radius 1 is 1.48 bits per heavy atom. The summed E-state index contributed by atoms with van der Waals surface area (Å²) in [6.07, 6.45) is 6.25. The van der Waals surface area contributed by atoms with Crippen LogP contribution in [0.1, 0.15) is 30.6 Å². The molecular formula is C15H18BrNO3S. The lowest BCUT2D eigenvalue weighted by Gasteiger charge is -2.31. The van der Waals surface area contributed by atoms with E-state index in [0.29, 0.717) is 18.9 Å². The molecule has 1 aromatic heterocycles. The highest BCUT2D eigenvalue weighted by Crippen LogP contribution is 2.24. The van der Waals surface area contributed by atoms with Gasteiger partial charge in [0.05, 0.1) is 3.79 Å². The highest BCUT2D eigenvalue weighted by molar-refractivity contribution is 9.11. The van der Waals surface area contributed by atoms with E-state index in [4.69, 9.17) is 5.11 Å². The van der Waals surface area contributed by atoms with E-state index in [0.717, 1.165) is 28.0 Å². The fourth-order valence-electron chi connectivity index (χ4n) is 2.51. The van der Waals surface area contributed by atoms with Crippen LogP contribution < -0.4 is 0 Å². The second kappa shape index (κ2) is 7.75. The Bertz CT molecular complexity index is 541. The zero-order valence-corrected chi connectivity index (χ0v) is 14.0. The van der Waals surface area contributed by atoms with Crippen molar-refractivity contribution in [2.75, 3.05) is 13.1 Å². The third-order valence-corrected chi connectivity index (χ3v) is 5.17. The highest BCUT2D eigenvalue weighted by Gasteiger charge is 2.22. The van der Waals surface area contributed by atoms with Crippen LogP contribution in [0, 0.1) is 5.92 Å². The molecule has 2 rings (SSSR count). The average Bonchev–Trinajstić information content (AvgIpc) is 2.88. The number of hydrogen-bond donors (Lipinski definition) is 1. The molecule has 1 atom stereocenters. The number of carboxylic acid groups (broad SMARTS) is 1. The predicted molar refractivity (Wildman–Crippen MR) is 87.2 cm³/mol. The number of likely N-dealkylation sites (tertiary alicyclic amines) is 1. The largest absolute Gasteiger partial charge is 0.481 e. The van der Waals surface area contributed by atoms with Crippen molar-refractivity contribution >= 4 is 45.2 Å². The number of thiophene rings is 1. The van der Waals surface area contributed by atoms with Gasteiger partial charge in [0.25, 0.3) is 0 Å². The van der Waals surface area contributed by atoms with E-state index in [1.807, 2.05) is 23.1 Å². The van der Waals surface area contributed by atoms with Crippen molar-refractivity contribution in [1.82, 2.24) is 4.90 Å². The van der Waals surface area contributed by atoms with E-state index < -0.39 is 5.97 Å². The van der Waals surface area contributed by atoms with Gasteiger partial charge in [-0.15, -0.1) is 11.3 Å². The minimum absolute atomic E-state index is 0.0135. The monoisotopic (exact) mass is 371 g/mol. The number of carbonyl (C=O) groups excluding carboxylic acids is 1. The molecule has 2 heterocycles. The number of piperidine rings is 1. The van der Waals surface area contributed by atoms with E-state index in [9.17, 15) is 9.59 Å². The van der Waals surface area contributed by atoms with Gasteiger partial charge in [-0.1, -0.05) is 0 Å². The Morgan fingerprint density at radius 3 is 2.95 bits per heavy atom. The van der Waals surface area contributed by atoms with Gasteiger partial charge in [-0.3, -0.25) is 9.59 Å².